The van der Waals surface area contributed by atoms with Gasteiger partial charge >= 0.3 is 11.7 Å². The minimum absolute atomic E-state index is 0.00207. The number of amides is 2. The fourth-order valence-corrected chi connectivity index (χ4v) is 3.40. The molecule has 0 aromatic carbocycles. The lowest BCUT2D eigenvalue weighted by Gasteiger charge is -2.34. The lowest BCUT2D eigenvalue weighted by atomic mass is 10.2. The van der Waals surface area contributed by atoms with Gasteiger partial charge in [-0.25, -0.2) is 14.3 Å². The van der Waals surface area contributed by atoms with E-state index < -0.39 is 0 Å². The Morgan fingerprint density at radius 1 is 1.17 bits per heavy atom. The highest BCUT2D eigenvalue weighted by molar-refractivity contribution is 5.74. The van der Waals surface area contributed by atoms with Gasteiger partial charge in [-0.15, -0.1) is 0 Å². The molecule has 0 saturated carbocycles. The molecule has 2 amide bonds. The van der Waals surface area contributed by atoms with Crippen molar-refractivity contribution in [3.63, 3.8) is 0 Å². The van der Waals surface area contributed by atoms with Crippen LogP contribution >= 0.6 is 0 Å². The molecule has 8 heteroatoms. The van der Waals surface area contributed by atoms with E-state index in [4.69, 9.17) is 0 Å². The Morgan fingerprint density at radius 3 is 2.67 bits per heavy atom. The molecule has 1 aromatic heterocycles. The van der Waals surface area contributed by atoms with Crippen molar-refractivity contribution in [2.24, 2.45) is 0 Å². The SMILES string of the molecule is CCN1CCN(C(=O)NCCCn2nc3n(c2=O)CCCC3)CC1. The molecule has 0 spiro atoms. The van der Waals surface area contributed by atoms with E-state index in [9.17, 15) is 9.59 Å². The third-order valence-electron chi connectivity index (χ3n) is 4.96. The van der Waals surface area contributed by atoms with E-state index in [1.54, 1.807) is 9.25 Å². The zero-order valence-electron chi connectivity index (χ0n) is 14.5. The number of rotatable bonds is 5. The summed E-state index contributed by atoms with van der Waals surface area (Å²) in [6.45, 7) is 8.56. The molecule has 0 bridgehead atoms. The normalized spacial score (nSPS) is 18.5. The van der Waals surface area contributed by atoms with Crippen molar-refractivity contribution >= 4 is 6.03 Å². The highest BCUT2D eigenvalue weighted by atomic mass is 16.2. The number of hydrogen-bond donors (Lipinski definition) is 1. The van der Waals surface area contributed by atoms with Crippen LogP contribution in [0.5, 0.6) is 0 Å². The van der Waals surface area contributed by atoms with Crippen molar-refractivity contribution in [3.8, 4) is 0 Å². The summed E-state index contributed by atoms with van der Waals surface area (Å²) in [4.78, 5) is 28.6. The van der Waals surface area contributed by atoms with Crippen LogP contribution < -0.4 is 11.0 Å². The number of likely N-dealkylation sites (N-methyl/N-ethyl adjacent to an activating group) is 1. The summed E-state index contributed by atoms with van der Waals surface area (Å²) in [5.41, 5.74) is -0.00767. The average Bonchev–Trinajstić information content (AvgIpc) is 2.95. The summed E-state index contributed by atoms with van der Waals surface area (Å²) in [6, 6.07) is 0.00207. The number of piperazine rings is 1. The summed E-state index contributed by atoms with van der Waals surface area (Å²) in [7, 11) is 0. The Bertz CT molecular complexity index is 615. The predicted molar refractivity (Wildman–Crippen MR) is 91.1 cm³/mol. The van der Waals surface area contributed by atoms with Gasteiger partial charge in [0.1, 0.15) is 5.82 Å². The lowest BCUT2D eigenvalue weighted by molar-refractivity contribution is 0.143. The number of carbonyl (C=O) groups is 1. The van der Waals surface area contributed by atoms with E-state index in [0.29, 0.717) is 13.1 Å². The van der Waals surface area contributed by atoms with Gasteiger partial charge in [-0.1, -0.05) is 6.92 Å². The van der Waals surface area contributed by atoms with Crippen molar-refractivity contribution in [2.75, 3.05) is 39.3 Å². The second kappa shape index (κ2) is 7.83. The van der Waals surface area contributed by atoms with E-state index in [-0.39, 0.29) is 11.7 Å². The number of fused-ring (bicyclic) bond motifs is 1. The quantitative estimate of drug-likeness (QED) is 0.775. The number of aryl methyl sites for hydroxylation is 2. The van der Waals surface area contributed by atoms with Crippen molar-refractivity contribution in [1.82, 2.24) is 29.5 Å². The summed E-state index contributed by atoms with van der Waals surface area (Å²) in [6.07, 6.45) is 3.78. The molecule has 2 aliphatic rings. The minimum atomic E-state index is -0.00767. The predicted octanol–water partition coefficient (Wildman–Crippen LogP) is 0.118. The minimum Gasteiger partial charge on any atom is -0.338 e. The maximum absolute atomic E-state index is 12.2. The monoisotopic (exact) mass is 336 g/mol. The van der Waals surface area contributed by atoms with Crippen molar-refractivity contribution in [2.45, 2.75) is 45.7 Å². The molecule has 0 aliphatic carbocycles. The molecular formula is C16H28N6O2. The average molecular weight is 336 g/mol. The summed E-state index contributed by atoms with van der Waals surface area (Å²) < 4.78 is 3.34. The van der Waals surface area contributed by atoms with Gasteiger partial charge in [0.05, 0.1) is 0 Å². The van der Waals surface area contributed by atoms with Crippen molar-refractivity contribution < 1.29 is 4.79 Å². The number of nitrogens with zero attached hydrogens (tertiary/aromatic N) is 5. The third-order valence-corrected chi connectivity index (χ3v) is 4.96. The number of hydrogen-bond acceptors (Lipinski definition) is 4. The Hall–Kier alpha value is -1.83. The van der Waals surface area contributed by atoms with Gasteiger partial charge in [0.2, 0.25) is 0 Å². The maximum atomic E-state index is 12.2. The van der Waals surface area contributed by atoms with Crippen molar-refractivity contribution in [3.05, 3.63) is 16.3 Å². The first-order valence-electron chi connectivity index (χ1n) is 9.10. The summed E-state index contributed by atoms with van der Waals surface area (Å²) >= 11 is 0. The van der Waals surface area contributed by atoms with E-state index in [0.717, 1.165) is 70.8 Å². The smallest absolute Gasteiger partial charge is 0.338 e. The van der Waals surface area contributed by atoms with Crippen LogP contribution in [-0.2, 0) is 19.5 Å². The lowest BCUT2D eigenvalue weighted by Crippen LogP contribution is -2.51. The molecule has 1 N–H and O–H groups in total. The standard InChI is InChI=1S/C16H28N6O2/c1-2-19-10-12-20(13-11-19)15(23)17-7-5-9-22-16(24)21-8-4-3-6-14(21)18-22/h2-13H2,1H3,(H,17,23). The van der Waals surface area contributed by atoms with E-state index in [1.807, 2.05) is 4.90 Å². The zero-order valence-corrected chi connectivity index (χ0v) is 14.5. The molecule has 134 valence electrons. The van der Waals surface area contributed by atoms with Gasteiger partial charge < -0.3 is 15.1 Å². The molecule has 0 unspecified atom stereocenters. The van der Waals surface area contributed by atoms with Crippen LogP contribution in [-0.4, -0.2) is 69.4 Å². The van der Waals surface area contributed by atoms with Crippen LogP contribution in [0.1, 0.15) is 32.0 Å². The molecule has 8 nitrogen and oxygen atoms in total. The number of aromatic nitrogens is 3. The van der Waals surface area contributed by atoms with Crippen LogP contribution in [0.15, 0.2) is 4.79 Å². The van der Waals surface area contributed by atoms with E-state index in [2.05, 4.69) is 22.2 Å². The summed E-state index contributed by atoms with van der Waals surface area (Å²) in [5.74, 6) is 0.907. The highest BCUT2D eigenvalue weighted by Gasteiger charge is 2.20. The second-order valence-electron chi connectivity index (χ2n) is 6.54. The van der Waals surface area contributed by atoms with Gasteiger partial charge in [-0.3, -0.25) is 4.57 Å². The number of nitrogens with one attached hydrogen (secondary N) is 1. The topological polar surface area (TPSA) is 75.4 Å². The zero-order chi connectivity index (χ0) is 16.9. The molecule has 3 rings (SSSR count). The molecule has 2 aliphatic heterocycles. The van der Waals surface area contributed by atoms with Crippen LogP contribution in [0, 0.1) is 0 Å². The van der Waals surface area contributed by atoms with Crippen LogP contribution in [0.25, 0.3) is 0 Å². The Balaban J connectivity index is 1.40. The highest BCUT2D eigenvalue weighted by Crippen LogP contribution is 2.09. The fourth-order valence-electron chi connectivity index (χ4n) is 3.40. The summed E-state index contributed by atoms with van der Waals surface area (Å²) in [5, 5.41) is 7.37. The molecule has 0 radical (unpaired) electrons. The second-order valence-corrected chi connectivity index (χ2v) is 6.54. The molecule has 3 heterocycles. The fraction of sp³-hybridized carbons (Fsp3) is 0.812. The Labute approximate surface area is 142 Å². The van der Waals surface area contributed by atoms with Gasteiger partial charge in [0.15, 0.2) is 0 Å². The first-order chi connectivity index (χ1) is 11.7. The van der Waals surface area contributed by atoms with Crippen LogP contribution in [0.3, 0.4) is 0 Å². The first kappa shape index (κ1) is 17.0. The van der Waals surface area contributed by atoms with Crippen molar-refractivity contribution in [1.29, 1.82) is 0 Å². The van der Waals surface area contributed by atoms with Crippen LogP contribution in [0.4, 0.5) is 4.79 Å². The number of urea groups is 1. The third kappa shape index (κ3) is 3.80. The Kier molecular flexibility index (Phi) is 5.55. The Morgan fingerprint density at radius 2 is 1.96 bits per heavy atom. The molecule has 24 heavy (non-hydrogen) atoms. The molecule has 1 fully saturated rings. The molecule has 0 atom stereocenters. The van der Waals surface area contributed by atoms with Gasteiger partial charge in [0, 0.05) is 52.2 Å². The molecule has 1 saturated heterocycles. The van der Waals surface area contributed by atoms with Crippen LogP contribution in [0.2, 0.25) is 0 Å². The number of carbonyl (C=O) groups excluding carboxylic acids is 1. The van der Waals surface area contributed by atoms with E-state index in [1.165, 1.54) is 0 Å². The van der Waals surface area contributed by atoms with Gasteiger partial charge in [0.25, 0.3) is 0 Å². The molecular weight excluding hydrogens is 308 g/mol. The maximum Gasteiger partial charge on any atom is 0.345 e. The molecule has 1 aromatic rings. The first-order valence-corrected chi connectivity index (χ1v) is 9.10. The largest absolute Gasteiger partial charge is 0.345 e. The van der Waals surface area contributed by atoms with Gasteiger partial charge in [-0.05, 0) is 25.8 Å². The van der Waals surface area contributed by atoms with E-state index >= 15 is 0 Å². The van der Waals surface area contributed by atoms with Gasteiger partial charge in [-0.2, -0.15) is 5.10 Å².